The highest BCUT2D eigenvalue weighted by molar-refractivity contribution is 4.82. The van der Waals surface area contributed by atoms with Gasteiger partial charge in [-0.05, 0) is 12.8 Å². The van der Waals surface area contributed by atoms with E-state index in [1.54, 1.807) is 6.08 Å². The molecule has 1 heterocycles. The fraction of sp³-hybridized carbons (Fsp3) is 0.714. The molecule has 52 valence electrons. The van der Waals surface area contributed by atoms with Crippen molar-refractivity contribution in [3.05, 3.63) is 12.7 Å². The zero-order chi connectivity index (χ0) is 6.69. The van der Waals surface area contributed by atoms with E-state index in [1.807, 2.05) is 0 Å². The summed E-state index contributed by atoms with van der Waals surface area (Å²) in [5.74, 6) is 0. The van der Waals surface area contributed by atoms with E-state index < -0.39 is 0 Å². The third-order valence-corrected chi connectivity index (χ3v) is 1.57. The van der Waals surface area contributed by atoms with Crippen molar-refractivity contribution < 1.29 is 9.84 Å². The van der Waals surface area contributed by atoms with E-state index in [1.165, 1.54) is 0 Å². The van der Waals surface area contributed by atoms with Gasteiger partial charge in [-0.25, -0.2) is 0 Å². The van der Waals surface area contributed by atoms with Gasteiger partial charge in [0.2, 0.25) is 0 Å². The maximum absolute atomic E-state index is 9.15. The minimum atomic E-state index is -0.261. The molecule has 0 radical (unpaired) electrons. The molecule has 0 aromatic carbocycles. The lowest BCUT2D eigenvalue weighted by atomic mass is 10.1. The lowest BCUT2D eigenvalue weighted by Crippen LogP contribution is -2.19. The van der Waals surface area contributed by atoms with Crippen LogP contribution in [0, 0.1) is 0 Å². The smallest absolute Gasteiger partial charge is 0.0868 e. The van der Waals surface area contributed by atoms with E-state index >= 15 is 0 Å². The summed E-state index contributed by atoms with van der Waals surface area (Å²) in [4.78, 5) is 0. The molecule has 0 spiro atoms. The first-order valence-electron chi connectivity index (χ1n) is 3.25. The van der Waals surface area contributed by atoms with Crippen LogP contribution in [0.2, 0.25) is 0 Å². The second-order valence-electron chi connectivity index (χ2n) is 2.29. The molecule has 1 aliphatic rings. The summed E-state index contributed by atoms with van der Waals surface area (Å²) in [6.45, 7) is 4.26. The van der Waals surface area contributed by atoms with Crippen LogP contribution in [0.4, 0.5) is 0 Å². The van der Waals surface area contributed by atoms with Gasteiger partial charge in [-0.1, -0.05) is 6.08 Å². The zero-order valence-electron chi connectivity index (χ0n) is 5.42. The Morgan fingerprint density at radius 3 is 3.00 bits per heavy atom. The van der Waals surface area contributed by atoms with E-state index in [2.05, 4.69) is 6.58 Å². The summed E-state index contributed by atoms with van der Waals surface area (Å²) < 4.78 is 5.18. The predicted molar refractivity (Wildman–Crippen MR) is 35.2 cm³/mol. The van der Waals surface area contributed by atoms with Crippen LogP contribution in [-0.4, -0.2) is 23.9 Å². The molecule has 2 atom stereocenters. The molecular formula is C7H12O2. The Kier molecular flexibility index (Phi) is 2.25. The van der Waals surface area contributed by atoms with Crippen molar-refractivity contribution in [3.63, 3.8) is 0 Å². The van der Waals surface area contributed by atoms with Crippen molar-refractivity contribution in [1.82, 2.24) is 0 Å². The molecule has 0 aromatic heterocycles. The summed E-state index contributed by atoms with van der Waals surface area (Å²) in [6, 6.07) is 0. The molecule has 1 rings (SSSR count). The maximum atomic E-state index is 9.15. The van der Waals surface area contributed by atoms with E-state index in [4.69, 9.17) is 9.84 Å². The highest BCUT2D eigenvalue weighted by Crippen LogP contribution is 2.15. The molecule has 1 fully saturated rings. The molecule has 2 heteroatoms. The van der Waals surface area contributed by atoms with Gasteiger partial charge in [0.1, 0.15) is 0 Å². The lowest BCUT2D eigenvalue weighted by Gasteiger charge is -2.09. The van der Waals surface area contributed by atoms with Crippen LogP contribution in [0.3, 0.4) is 0 Å². The van der Waals surface area contributed by atoms with E-state index in [0.29, 0.717) is 6.61 Å². The first-order chi connectivity index (χ1) is 4.34. The summed E-state index contributed by atoms with van der Waals surface area (Å²) >= 11 is 0. The number of hydrogen-bond acceptors (Lipinski definition) is 2. The molecular weight excluding hydrogens is 116 g/mol. The first-order valence-corrected chi connectivity index (χ1v) is 3.25. The monoisotopic (exact) mass is 128 g/mol. The fourth-order valence-corrected chi connectivity index (χ4v) is 1.03. The molecule has 9 heavy (non-hydrogen) atoms. The number of rotatable bonds is 2. The fourth-order valence-electron chi connectivity index (χ4n) is 1.03. The predicted octanol–water partition coefficient (Wildman–Crippen LogP) is 0.712. The zero-order valence-corrected chi connectivity index (χ0v) is 5.42. The molecule has 0 aliphatic carbocycles. The largest absolute Gasteiger partial charge is 0.390 e. The van der Waals surface area contributed by atoms with E-state index in [0.717, 1.165) is 12.8 Å². The topological polar surface area (TPSA) is 29.5 Å². The highest BCUT2D eigenvalue weighted by Gasteiger charge is 2.24. The van der Waals surface area contributed by atoms with Crippen molar-refractivity contribution >= 4 is 0 Å². The second-order valence-corrected chi connectivity index (χ2v) is 2.29. The van der Waals surface area contributed by atoms with Crippen LogP contribution in [0.15, 0.2) is 12.7 Å². The standard InChI is InChI=1S/C7H12O2/c1-2-3-7-6(8)4-5-9-7/h2,6-8H,1,3-5H2. The van der Waals surface area contributed by atoms with Crippen molar-refractivity contribution in [2.75, 3.05) is 6.61 Å². The third kappa shape index (κ3) is 1.53. The Hall–Kier alpha value is -0.340. The van der Waals surface area contributed by atoms with Gasteiger partial charge >= 0.3 is 0 Å². The average Bonchev–Trinajstić information content (AvgIpc) is 2.18. The number of ether oxygens (including phenoxy) is 1. The van der Waals surface area contributed by atoms with Crippen LogP contribution >= 0.6 is 0 Å². The SMILES string of the molecule is C=CCC1OCCC1O. The Labute approximate surface area is 55.1 Å². The van der Waals surface area contributed by atoms with Gasteiger partial charge in [0.05, 0.1) is 12.2 Å². The average molecular weight is 128 g/mol. The minimum Gasteiger partial charge on any atom is -0.390 e. The Morgan fingerprint density at radius 1 is 1.78 bits per heavy atom. The quantitative estimate of drug-likeness (QED) is 0.555. The van der Waals surface area contributed by atoms with Gasteiger partial charge in [0, 0.05) is 6.61 Å². The van der Waals surface area contributed by atoms with Gasteiger partial charge < -0.3 is 9.84 Å². The maximum Gasteiger partial charge on any atom is 0.0868 e. The Balaban J connectivity index is 2.30. The van der Waals surface area contributed by atoms with Crippen molar-refractivity contribution in [2.24, 2.45) is 0 Å². The molecule has 1 N–H and O–H groups in total. The molecule has 2 unspecified atom stereocenters. The molecule has 2 nitrogen and oxygen atoms in total. The molecule has 1 aliphatic heterocycles. The summed E-state index contributed by atoms with van der Waals surface area (Å²) in [5, 5.41) is 9.15. The van der Waals surface area contributed by atoms with Crippen molar-refractivity contribution in [3.8, 4) is 0 Å². The molecule has 0 amide bonds. The normalized spacial score (nSPS) is 34.8. The summed E-state index contributed by atoms with van der Waals surface area (Å²) in [6.07, 6.45) is 3.07. The van der Waals surface area contributed by atoms with Crippen LogP contribution in [0.5, 0.6) is 0 Å². The lowest BCUT2D eigenvalue weighted by molar-refractivity contribution is 0.0448. The molecule has 0 bridgehead atoms. The summed E-state index contributed by atoms with van der Waals surface area (Å²) in [7, 11) is 0. The van der Waals surface area contributed by atoms with Gasteiger partial charge in [-0.15, -0.1) is 6.58 Å². The first kappa shape index (κ1) is 6.78. The Morgan fingerprint density at radius 2 is 2.56 bits per heavy atom. The Bertz CT molecular complexity index is 101. The third-order valence-electron chi connectivity index (χ3n) is 1.57. The van der Waals surface area contributed by atoms with Crippen LogP contribution < -0.4 is 0 Å². The molecule has 0 aromatic rings. The van der Waals surface area contributed by atoms with Gasteiger partial charge in [0.25, 0.3) is 0 Å². The van der Waals surface area contributed by atoms with E-state index in [9.17, 15) is 0 Å². The number of aliphatic hydroxyl groups excluding tert-OH is 1. The van der Waals surface area contributed by atoms with Crippen LogP contribution in [-0.2, 0) is 4.74 Å². The van der Waals surface area contributed by atoms with Crippen molar-refractivity contribution in [2.45, 2.75) is 25.0 Å². The van der Waals surface area contributed by atoms with Gasteiger partial charge in [-0.3, -0.25) is 0 Å². The number of aliphatic hydroxyl groups is 1. The van der Waals surface area contributed by atoms with Gasteiger partial charge in [0.15, 0.2) is 0 Å². The van der Waals surface area contributed by atoms with Crippen LogP contribution in [0.25, 0.3) is 0 Å². The number of hydrogen-bond donors (Lipinski definition) is 1. The second kappa shape index (κ2) is 2.99. The minimum absolute atomic E-state index is 0.0162. The van der Waals surface area contributed by atoms with E-state index in [-0.39, 0.29) is 12.2 Å². The van der Waals surface area contributed by atoms with Crippen molar-refractivity contribution in [1.29, 1.82) is 0 Å². The van der Waals surface area contributed by atoms with Crippen LogP contribution in [0.1, 0.15) is 12.8 Å². The molecule has 0 saturated carbocycles. The highest BCUT2D eigenvalue weighted by atomic mass is 16.5. The summed E-state index contributed by atoms with van der Waals surface area (Å²) in [5.41, 5.74) is 0. The van der Waals surface area contributed by atoms with Gasteiger partial charge in [-0.2, -0.15) is 0 Å². The molecule has 1 saturated heterocycles.